The van der Waals surface area contributed by atoms with Crippen molar-refractivity contribution in [1.29, 1.82) is 0 Å². The van der Waals surface area contributed by atoms with Crippen molar-refractivity contribution < 1.29 is 18.7 Å². The lowest BCUT2D eigenvalue weighted by Gasteiger charge is -2.06. The lowest BCUT2D eigenvalue weighted by molar-refractivity contribution is -0.140. The molecule has 2 aromatic carbocycles. The molecular weight excluding hydrogens is 283 g/mol. The Hall–Kier alpha value is -2.62. The molecule has 114 valence electrons. The summed E-state index contributed by atoms with van der Waals surface area (Å²) >= 11 is 0. The van der Waals surface area contributed by atoms with Gasteiger partial charge in [-0.2, -0.15) is 4.39 Å². The molecule has 22 heavy (non-hydrogen) atoms. The molecule has 0 saturated carbocycles. The van der Waals surface area contributed by atoms with Crippen LogP contribution in [0.15, 0.2) is 60.4 Å². The van der Waals surface area contributed by atoms with E-state index >= 15 is 0 Å². The molecule has 3 nitrogen and oxygen atoms in total. The fourth-order valence-electron chi connectivity index (χ4n) is 1.81. The third kappa shape index (κ3) is 4.74. The zero-order valence-corrected chi connectivity index (χ0v) is 12.3. The summed E-state index contributed by atoms with van der Waals surface area (Å²) in [5, 5.41) is 0. The Balaban J connectivity index is 1.95. The van der Waals surface area contributed by atoms with Crippen molar-refractivity contribution >= 4 is 12.0 Å². The molecule has 0 aliphatic heterocycles. The van der Waals surface area contributed by atoms with Gasteiger partial charge in [0.1, 0.15) is 12.4 Å². The van der Waals surface area contributed by atoms with E-state index in [1.807, 2.05) is 30.3 Å². The minimum Gasteiger partial charge on any atom is -0.489 e. The van der Waals surface area contributed by atoms with E-state index < -0.39 is 11.8 Å². The van der Waals surface area contributed by atoms with Crippen LogP contribution in [0.4, 0.5) is 4.39 Å². The van der Waals surface area contributed by atoms with Crippen molar-refractivity contribution in [3.8, 4) is 5.75 Å². The molecule has 0 radical (unpaired) electrons. The summed E-state index contributed by atoms with van der Waals surface area (Å²) in [6.07, 6.45) is 1.14. The minimum absolute atomic E-state index is 0.145. The fourth-order valence-corrected chi connectivity index (χ4v) is 1.81. The smallest absolute Gasteiger partial charge is 0.367 e. The van der Waals surface area contributed by atoms with Crippen molar-refractivity contribution in [1.82, 2.24) is 0 Å². The van der Waals surface area contributed by atoms with Crippen LogP contribution in [0, 0.1) is 0 Å². The summed E-state index contributed by atoms with van der Waals surface area (Å²) in [4.78, 5) is 11.2. The summed E-state index contributed by atoms with van der Waals surface area (Å²) in [7, 11) is 0. The first-order valence-corrected chi connectivity index (χ1v) is 7.00. The average molecular weight is 300 g/mol. The molecule has 0 saturated heterocycles. The van der Waals surface area contributed by atoms with Gasteiger partial charge in [-0.05, 0) is 36.3 Å². The standard InChI is InChI=1S/C18H17FO3/c1-2-21-18(20)17(19)12-14-8-10-16(11-9-14)22-13-15-6-4-3-5-7-15/h3-12H,2,13H2,1H3/b17-12-. The first-order valence-electron chi connectivity index (χ1n) is 7.00. The van der Waals surface area contributed by atoms with Gasteiger partial charge in [-0.15, -0.1) is 0 Å². The van der Waals surface area contributed by atoms with Crippen LogP contribution in [0.25, 0.3) is 6.08 Å². The molecule has 0 heterocycles. The van der Waals surface area contributed by atoms with Crippen molar-refractivity contribution in [3.05, 3.63) is 71.6 Å². The molecule has 2 rings (SSSR count). The van der Waals surface area contributed by atoms with Crippen molar-refractivity contribution in [3.63, 3.8) is 0 Å². The van der Waals surface area contributed by atoms with Gasteiger partial charge in [0, 0.05) is 0 Å². The predicted octanol–water partition coefficient (Wildman–Crippen LogP) is 4.14. The van der Waals surface area contributed by atoms with Gasteiger partial charge >= 0.3 is 5.97 Å². The number of carbonyl (C=O) groups excluding carboxylic acids is 1. The maximum atomic E-state index is 13.5. The molecule has 0 atom stereocenters. The van der Waals surface area contributed by atoms with E-state index in [1.54, 1.807) is 31.2 Å². The summed E-state index contributed by atoms with van der Waals surface area (Å²) in [6, 6.07) is 16.6. The van der Waals surface area contributed by atoms with E-state index in [2.05, 4.69) is 4.74 Å². The van der Waals surface area contributed by atoms with Crippen LogP contribution in [0.1, 0.15) is 18.1 Å². The maximum absolute atomic E-state index is 13.5. The normalized spacial score (nSPS) is 11.1. The number of carbonyl (C=O) groups is 1. The van der Waals surface area contributed by atoms with Gasteiger partial charge in [-0.3, -0.25) is 0 Å². The van der Waals surface area contributed by atoms with E-state index in [9.17, 15) is 9.18 Å². The topological polar surface area (TPSA) is 35.5 Å². The van der Waals surface area contributed by atoms with Crippen LogP contribution < -0.4 is 4.74 Å². The highest BCUT2D eigenvalue weighted by molar-refractivity contribution is 5.91. The molecule has 0 bridgehead atoms. The van der Waals surface area contributed by atoms with Crippen molar-refractivity contribution in [2.75, 3.05) is 6.61 Å². The molecule has 0 N–H and O–H groups in total. The third-order valence-electron chi connectivity index (χ3n) is 2.89. The Bertz CT molecular complexity index is 633. The Morgan fingerprint density at radius 3 is 2.41 bits per heavy atom. The Morgan fingerprint density at radius 1 is 1.09 bits per heavy atom. The fraction of sp³-hybridized carbons (Fsp3) is 0.167. The van der Waals surface area contributed by atoms with Crippen LogP contribution in [0.3, 0.4) is 0 Å². The Kier molecular flexibility index (Phi) is 5.72. The molecule has 0 aliphatic carbocycles. The van der Waals surface area contributed by atoms with Gasteiger partial charge in [0.2, 0.25) is 5.83 Å². The predicted molar refractivity (Wildman–Crippen MR) is 82.9 cm³/mol. The zero-order valence-electron chi connectivity index (χ0n) is 12.3. The van der Waals surface area contributed by atoms with E-state index in [0.29, 0.717) is 17.9 Å². The molecule has 0 unspecified atom stereocenters. The Labute approximate surface area is 129 Å². The lowest BCUT2D eigenvalue weighted by atomic mass is 10.2. The van der Waals surface area contributed by atoms with Crippen LogP contribution in [-0.4, -0.2) is 12.6 Å². The Morgan fingerprint density at radius 2 is 1.77 bits per heavy atom. The second-order valence-corrected chi connectivity index (χ2v) is 4.56. The highest BCUT2D eigenvalue weighted by Gasteiger charge is 2.09. The molecule has 0 spiro atoms. The second-order valence-electron chi connectivity index (χ2n) is 4.56. The van der Waals surface area contributed by atoms with E-state index in [0.717, 1.165) is 11.6 Å². The highest BCUT2D eigenvalue weighted by atomic mass is 19.1. The molecule has 2 aromatic rings. The number of hydrogen-bond donors (Lipinski definition) is 0. The van der Waals surface area contributed by atoms with Gasteiger partial charge in [-0.25, -0.2) is 4.79 Å². The average Bonchev–Trinajstić information content (AvgIpc) is 2.55. The van der Waals surface area contributed by atoms with Gasteiger partial charge in [0.15, 0.2) is 0 Å². The van der Waals surface area contributed by atoms with Gasteiger partial charge < -0.3 is 9.47 Å². The van der Waals surface area contributed by atoms with Crippen LogP contribution in [0.5, 0.6) is 5.75 Å². The summed E-state index contributed by atoms with van der Waals surface area (Å²) in [6.45, 7) is 2.24. The molecule has 0 amide bonds. The summed E-state index contributed by atoms with van der Waals surface area (Å²) in [5.41, 5.74) is 1.64. The van der Waals surface area contributed by atoms with Crippen LogP contribution in [0.2, 0.25) is 0 Å². The van der Waals surface area contributed by atoms with Gasteiger partial charge in [-0.1, -0.05) is 42.5 Å². The number of esters is 1. The van der Waals surface area contributed by atoms with E-state index in [1.165, 1.54) is 0 Å². The molecule has 0 aromatic heterocycles. The van der Waals surface area contributed by atoms with Crippen molar-refractivity contribution in [2.45, 2.75) is 13.5 Å². The van der Waals surface area contributed by atoms with Gasteiger partial charge in [0.25, 0.3) is 0 Å². The van der Waals surface area contributed by atoms with Gasteiger partial charge in [0.05, 0.1) is 6.61 Å². The van der Waals surface area contributed by atoms with E-state index in [4.69, 9.17) is 4.74 Å². The monoisotopic (exact) mass is 300 g/mol. The third-order valence-corrected chi connectivity index (χ3v) is 2.89. The zero-order chi connectivity index (χ0) is 15.8. The molecule has 0 aliphatic rings. The van der Waals surface area contributed by atoms with E-state index in [-0.39, 0.29) is 6.61 Å². The number of benzene rings is 2. The summed E-state index contributed by atoms with van der Waals surface area (Å²) < 4.78 is 23.7. The summed E-state index contributed by atoms with van der Waals surface area (Å²) in [5.74, 6) is -1.19. The first kappa shape index (κ1) is 15.8. The quantitative estimate of drug-likeness (QED) is 0.594. The first-order chi connectivity index (χ1) is 10.7. The number of hydrogen-bond acceptors (Lipinski definition) is 3. The van der Waals surface area contributed by atoms with Crippen LogP contribution in [-0.2, 0) is 16.1 Å². The number of ether oxygens (including phenoxy) is 2. The minimum atomic E-state index is -0.952. The molecular formula is C18H17FO3. The second kappa shape index (κ2) is 7.98. The van der Waals surface area contributed by atoms with Crippen molar-refractivity contribution in [2.24, 2.45) is 0 Å². The SMILES string of the molecule is CCOC(=O)/C(F)=C/c1ccc(OCc2ccccc2)cc1. The number of rotatable bonds is 6. The highest BCUT2D eigenvalue weighted by Crippen LogP contribution is 2.17. The largest absolute Gasteiger partial charge is 0.489 e. The maximum Gasteiger partial charge on any atom is 0.367 e. The van der Waals surface area contributed by atoms with Crippen LogP contribution >= 0.6 is 0 Å². The lowest BCUT2D eigenvalue weighted by Crippen LogP contribution is -2.03. The molecule has 4 heteroatoms. The number of halogens is 1. The molecule has 0 fully saturated rings.